The Balaban J connectivity index is 3.05. The summed E-state index contributed by atoms with van der Waals surface area (Å²) in [6.45, 7) is 1.22. The van der Waals surface area contributed by atoms with E-state index in [-0.39, 0.29) is 0 Å². The zero-order valence-corrected chi connectivity index (χ0v) is 5.05. The minimum atomic E-state index is -1.42. The van der Waals surface area contributed by atoms with E-state index in [9.17, 15) is 8.53 Å². The second-order valence-corrected chi connectivity index (χ2v) is 1.35. The topological polar surface area (TPSA) is 43.4 Å². The zero-order chi connectivity index (χ0) is 4.99. The molecule has 3 nitrogen and oxygen atoms in total. The SMILES string of the molecule is CC(=O)O[As]=O. The van der Waals surface area contributed by atoms with Gasteiger partial charge in [-0.2, -0.15) is 0 Å². The van der Waals surface area contributed by atoms with E-state index in [4.69, 9.17) is 0 Å². The van der Waals surface area contributed by atoms with Gasteiger partial charge in [0.25, 0.3) is 0 Å². The van der Waals surface area contributed by atoms with Gasteiger partial charge in [-0.1, -0.05) is 0 Å². The normalized spacial score (nSPS) is 8.17. The van der Waals surface area contributed by atoms with Crippen LogP contribution in [-0.2, 0) is 12.3 Å². The fourth-order valence-electron chi connectivity index (χ4n) is 0.0525. The molecule has 0 saturated heterocycles. The van der Waals surface area contributed by atoms with E-state index in [1.807, 2.05) is 0 Å². The van der Waals surface area contributed by atoms with Crippen molar-refractivity contribution in [2.45, 2.75) is 6.92 Å². The molecule has 34 valence electrons. The molecule has 0 aliphatic rings. The van der Waals surface area contributed by atoms with Gasteiger partial charge in [0.2, 0.25) is 0 Å². The van der Waals surface area contributed by atoms with Gasteiger partial charge in [-0.15, -0.1) is 0 Å². The number of carbonyl (C=O) groups excluding carboxylic acids is 1. The third-order valence-electron chi connectivity index (χ3n) is 0.166. The summed E-state index contributed by atoms with van der Waals surface area (Å²) < 4.78 is 13.3. The molecule has 0 spiro atoms. The van der Waals surface area contributed by atoms with Crippen molar-refractivity contribution in [2.75, 3.05) is 0 Å². The van der Waals surface area contributed by atoms with E-state index >= 15 is 0 Å². The summed E-state index contributed by atoms with van der Waals surface area (Å²) in [7, 11) is 0. The first kappa shape index (κ1) is 5.83. The van der Waals surface area contributed by atoms with Crippen molar-refractivity contribution >= 4 is 22.0 Å². The third kappa shape index (κ3) is 3.83. The summed E-state index contributed by atoms with van der Waals surface area (Å²) in [5.41, 5.74) is 0. The van der Waals surface area contributed by atoms with Gasteiger partial charge in [-0.25, -0.2) is 0 Å². The molecule has 4 heteroatoms. The minimum absolute atomic E-state index is 0.481. The molecule has 0 aromatic carbocycles. The molecule has 0 heterocycles. The molecule has 0 unspecified atom stereocenters. The van der Waals surface area contributed by atoms with Crippen LogP contribution in [0.1, 0.15) is 6.92 Å². The predicted molar refractivity (Wildman–Crippen MR) is 18.2 cm³/mol. The summed E-state index contributed by atoms with van der Waals surface area (Å²) in [6.07, 6.45) is 0. The number of rotatable bonds is 1. The van der Waals surface area contributed by atoms with Gasteiger partial charge >= 0.3 is 41.2 Å². The monoisotopic (exact) mass is 150 g/mol. The molecule has 0 radical (unpaired) electrons. The van der Waals surface area contributed by atoms with Crippen molar-refractivity contribution in [2.24, 2.45) is 0 Å². The van der Waals surface area contributed by atoms with Crippen molar-refractivity contribution in [1.29, 1.82) is 0 Å². The van der Waals surface area contributed by atoms with Crippen LogP contribution in [0.3, 0.4) is 0 Å². The summed E-state index contributed by atoms with van der Waals surface area (Å²) in [5, 5.41) is 0. The van der Waals surface area contributed by atoms with E-state index in [1.165, 1.54) is 6.92 Å². The van der Waals surface area contributed by atoms with Gasteiger partial charge in [0.15, 0.2) is 0 Å². The molecule has 0 aromatic rings. The first-order valence-electron chi connectivity index (χ1n) is 1.27. The van der Waals surface area contributed by atoms with Crippen molar-refractivity contribution in [1.82, 2.24) is 0 Å². The van der Waals surface area contributed by atoms with Crippen LogP contribution in [0, 0.1) is 0 Å². The molecular weight excluding hydrogens is 147 g/mol. The maximum atomic E-state index is 9.64. The molecule has 0 atom stereocenters. The third-order valence-corrected chi connectivity index (χ3v) is 0.862. The van der Waals surface area contributed by atoms with Gasteiger partial charge < -0.3 is 0 Å². The van der Waals surface area contributed by atoms with Crippen LogP contribution in [0.5, 0.6) is 0 Å². The second kappa shape index (κ2) is 3.04. The molecule has 0 bridgehead atoms. The molecule has 0 rings (SSSR count). The van der Waals surface area contributed by atoms with Crippen molar-refractivity contribution in [3.63, 3.8) is 0 Å². The summed E-state index contributed by atoms with van der Waals surface area (Å²) in [6, 6.07) is 0. The molecule has 0 aromatic heterocycles. The van der Waals surface area contributed by atoms with Crippen LogP contribution < -0.4 is 0 Å². The molecular formula is C2H3AsO3. The average Bonchev–Trinajstić information content (AvgIpc) is 1.35. The molecule has 0 N–H and O–H groups in total. The second-order valence-electron chi connectivity index (χ2n) is 0.657. The van der Waals surface area contributed by atoms with Gasteiger partial charge in [0, 0.05) is 0 Å². The predicted octanol–water partition coefficient (Wildman–Crippen LogP) is -0.486. The van der Waals surface area contributed by atoms with Crippen LogP contribution in [0.4, 0.5) is 0 Å². The van der Waals surface area contributed by atoms with Crippen molar-refractivity contribution in [3.8, 4) is 0 Å². The molecule has 0 aliphatic carbocycles. The Labute approximate surface area is 41.9 Å². The van der Waals surface area contributed by atoms with Gasteiger partial charge in [0.1, 0.15) is 0 Å². The van der Waals surface area contributed by atoms with Crippen LogP contribution in [0.15, 0.2) is 0 Å². The van der Waals surface area contributed by atoms with Crippen LogP contribution in [-0.4, -0.2) is 22.0 Å². The first-order valence-corrected chi connectivity index (χ1v) is 2.81. The summed E-state index contributed by atoms with van der Waals surface area (Å²) in [4.78, 5) is 9.64. The van der Waals surface area contributed by atoms with Crippen LogP contribution in [0.2, 0.25) is 0 Å². The Morgan fingerprint density at radius 3 is 2.33 bits per heavy atom. The molecule has 0 aliphatic heterocycles. The first-order chi connectivity index (χ1) is 2.77. The van der Waals surface area contributed by atoms with Crippen LogP contribution >= 0.6 is 0 Å². The zero-order valence-electron chi connectivity index (χ0n) is 3.17. The quantitative estimate of drug-likeness (QED) is 0.474. The summed E-state index contributed by atoms with van der Waals surface area (Å²) in [5.74, 6) is -0.481. The summed E-state index contributed by atoms with van der Waals surface area (Å²) >= 11 is -1.42. The van der Waals surface area contributed by atoms with E-state index in [0.717, 1.165) is 0 Å². The van der Waals surface area contributed by atoms with Gasteiger partial charge in [-0.3, -0.25) is 0 Å². The molecule has 6 heavy (non-hydrogen) atoms. The number of hydrogen-bond acceptors (Lipinski definition) is 3. The number of carbonyl (C=O) groups is 1. The van der Waals surface area contributed by atoms with E-state index in [2.05, 4.69) is 3.73 Å². The Bertz CT molecular complexity index is 69.2. The van der Waals surface area contributed by atoms with E-state index in [1.54, 1.807) is 0 Å². The van der Waals surface area contributed by atoms with Crippen molar-refractivity contribution in [3.05, 3.63) is 0 Å². The molecule has 0 saturated carbocycles. The Morgan fingerprint density at radius 1 is 1.83 bits per heavy atom. The fourth-order valence-corrected chi connectivity index (χ4v) is 0.273. The standard InChI is InChI=1S/C2H3AsO3/c1-2(4)6-3-5/h1H3. The Kier molecular flexibility index (Phi) is 2.95. The van der Waals surface area contributed by atoms with Gasteiger partial charge in [-0.05, 0) is 0 Å². The fraction of sp³-hybridized carbons (Fsp3) is 0.500. The van der Waals surface area contributed by atoms with Crippen LogP contribution in [0.25, 0.3) is 0 Å². The number of hydrogen-bond donors (Lipinski definition) is 0. The van der Waals surface area contributed by atoms with Gasteiger partial charge in [0.05, 0.1) is 0 Å². The Hall–Kier alpha value is -0.172. The van der Waals surface area contributed by atoms with E-state index in [0.29, 0.717) is 0 Å². The molecule has 0 fully saturated rings. The average molecular weight is 150 g/mol. The van der Waals surface area contributed by atoms with E-state index < -0.39 is 22.0 Å². The Morgan fingerprint density at radius 2 is 2.33 bits per heavy atom. The van der Waals surface area contributed by atoms with Crippen molar-refractivity contribution < 1.29 is 12.3 Å². The molecule has 0 amide bonds. The maximum absolute atomic E-state index is 9.64.